The fourth-order valence-corrected chi connectivity index (χ4v) is 3.21. The van der Waals surface area contributed by atoms with Crippen molar-refractivity contribution in [3.05, 3.63) is 77.6 Å². The molecule has 1 heteroatoms. The van der Waals surface area contributed by atoms with Gasteiger partial charge in [-0.1, -0.05) is 42.5 Å². The Morgan fingerprint density at radius 3 is 2.50 bits per heavy atom. The summed E-state index contributed by atoms with van der Waals surface area (Å²) in [6.07, 6.45) is 6.92. The average molecular weight is 287 g/mol. The highest BCUT2D eigenvalue weighted by Gasteiger charge is 2.25. The maximum absolute atomic E-state index is 6.28. The molecule has 2 aromatic carbocycles. The molecule has 1 aliphatic rings. The van der Waals surface area contributed by atoms with Gasteiger partial charge in [-0.15, -0.1) is 0 Å². The summed E-state index contributed by atoms with van der Waals surface area (Å²) in [6, 6.07) is 21.1. The van der Waals surface area contributed by atoms with Gasteiger partial charge in [-0.2, -0.15) is 0 Å². The molecule has 0 saturated carbocycles. The van der Waals surface area contributed by atoms with E-state index in [0.717, 1.165) is 24.2 Å². The summed E-state index contributed by atoms with van der Waals surface area (Å²) in [4.78, 5) is 0. The Balaban J connectivity index is 1.89. The van der Waals surface area contributed by atoms with Crippen molar-refractivity contribution < 1.29 is 4.42 Å². The van der Waals surface area contributed by atoms with Crippen molar-refractivity contribution in [2.45, 2.75) is 25.7 Å². The summed E-state index contributed by atoms with van der Waals surface area (Å²) < 4.78 is 6.28. The van der Waals surface area contributed by atoms with E-state index in [1.165, 1.54) is 34.9 Å². The fourth-order valence-electron chi connectivity index (χ4n) is 3.21. The van der Waals surface area contributed by atoms with Crippen molar-refractivity contribution in [3.63, 3.8) is 0 Å². The van der Waals surface area contributed by atoms with Gasteiger partial charge in [-0.3, -0.25) is 0 Å². The topological polar surface area (TPSA) is 11.3 Å². The number of para-hydroxylation sites is 1. The number of allylic oxidation sites excluding steroid dienone is 1. The van der Waals surface area contributed by atoms with Gasteiger partial charge in [0.25, 0.3) is 0 Å². The molecule has 0 amide bonds. The van der Waals surface area contributed by atoms with Crippen molar-refractivity contribution >= 4 is 22.6 Å². The van der Waals surface area contributed by atoms with Crippen molar-refractivity contribution in [2.24, 2.45) is 0 Å². The van der Waals surface area contributed by atoms with E-state index in [4.69, 9.17) is 4.42 Å². The molecule has 0 saturated heterocycles. The molecule has 1 aromatic heterocycles. The third-order valence-electron chi connectivity index (χ3n) is 4.33. The smallest absolute Gasteiger partial charge is 0.207 e. The average Bonchev–Trinajstić information content (AvgIpc) is 2.76. The van der Waals surface area contributed by atoms with Crippen LogP contribution in [0.2, 0.25) is 0 Å². The van der Waals surface area contributed by atoms with Crippen LogP contribution in [0.5, 0.6) is 0 Å². The van der Waals surface area contributed by atoms with Crippen LogP contribution in [0.1, 0.15) is 36.1 Å². The molecule has 0 aliphatic heterocycles. The van der Waals surface area contributed by atoms with Gasteiger partial charge in [0.2, 0.25) is 0 Å². The first-order valence-corrected chi connectivity index (χ1v) is 8.01. The SMILES string of the molecule is C(=C1/CCCCc2cc3ccccc3[o+]c21)/c1ccccc1. The van der Waals surface area contributed by atoms with Crippen LogP contribution in [0.4, 0.5) is 0 Å². The fraction of sp³-hybridized carbons (Fsp3) is 0.190. The van der Waals surface area contributed by atoms with E-state index >= 15 is 0 Å². The van der Waals surface area contributed by atoms with Crippen LogP contribution in [-0.2, 0) is 6.42 Å². The van der Waals surface area contributed by atoms with E-state index in [1.54, 1.807) is 0 Å². The first kappa shape index (κ1) is 13.3. The molecular weight excluding hydrogens is 268 g/mol. The lowest BCUT2D eigenvalue weighted by atomic mass is 10.0. The number of benzene rings is 2. The van der Waals surface area contributed by atoms with Gasteiger partial charge < -0.3 is 0 Å². The van der Waals surface area contributed by atoms with E-state index in [2.05, 4.69) is 60.7 Å². The zero-order valence-electron chi connectivity index (χ0n) is 12.6. The Morgan fingerprint density at radius 2 is 1.59 bits per heavy atom. The second-order valence-corrected chi connectivity index (χ2v) is 5.93. The van der Waals surface area contributed by atoms with Crippen molar-refractivity contribution in [3.8, 4) is 0 Å². The Hall–Kier alpha value is -2.41. The first-order chi connectivity index (χ1) is 10.9. The lowest BCUT2D eigenvalue weighted by Gasteiger charge is -2.01. The van der Waals surface area contributed by atoms with Crippen LogP contribution >= 0.6 is 0 Å². The predicted molar refractivity (Wildman–Crippen MR) is 92.5 cm³/mol. The highest BCUT2D eigenvalue weighted by atomic mass is 16.3. The summed E-state index contributed by atoms with van der Waals surface area (Å²) >= 11 is 0. The normalized spacial score (nSPS) is 16.5. The molecule has 108 valence electrons. The second-order valence-electron chi connectivity index (χ2n) is 5.93. The zero-order chi connectivity index (χ0) is 14.8. The molecule has 22 heavy (non-hydrogen) atoms. The van der Waals surface area contributed by atoms with Crippen LogP contribution < -0.4 is 0 Å². The van der Waals surface area contributed by atoms with E-state index in [9.17, 15) is 0 Å². The number of fused-ring (bicyclic) bond motifs is 2. The first-order valence-electron chi connectivity index (χ1n) is 8.01. The van der Waals surface area contributed by atoms with Crippen LogP contribution in [0.25, 0.3) is 22.6 Å². The largest absolute Gasteiger partial charge is 0.360 e. The van der Waals surface area contributed by atoms with Crippen molar-refractivity contribution in [1.82, 2.24) is 0 Å². The summed E-state index contributed by atoms with van der Waals surface area (Å²) in [6.45, 7) is 0. The molecule has 0 atom stereocenters. The molecule has 0 spiro atoms. The Morgan fingerprint density at radius 1 is 0.818 bits per heavy atom. The lowest BCUT2D eigenvalue weighted by Crippen LogP contribution is -1.91. The number of rotatable bonds is 1. The van der Waals surface area contributed by atoms with Crippen LogP contribution in [0, 0.1) is 0 Å². The molecule has 0 fully saturated rings. The van der Waals surface area contributed by atoms with E-state index in [-0.39, 0.29) is 0 Å². The summed E-state index contributed by atoms with van der Waals surface area (Å²) in [5, 5.41) is 1.20. The van der Waals surface area contributed by atoms with Gasteiger partial charge >= 0.3 is 11.3 Å². The molecule has 1 nitrogen and oxygen atoms in total. The minimum atomic E-state index is 0.974. The lowest BCUT2D eigenvalue weighted by molar-refractivity contribution is 0.579. The standard InChI is InChI=1S/C21H19O/c1-2-8-16(9-3-1)14-18-11-4-5-12-19-15-17-10-6-7-13-20(17)22-21(18)19/h1-3,6-10,13-15H,4-5,11-12H2/q+1/b18-14+. The molecule has 0 unspecified atom stereocenters. The Labute approximate surface area is 130 Å². The van der Waals surface area contributed by atoms with Gasteiger partial charge in [-0.25, -0.2) is 4.42 Å². The minimum absolute atomic E-state index is 0.974. The quantitative estimate of drug-likeness (QED) is 0.396. The van der Waals surface area contributed by atoms with Crippen molar-refractivity contribution in [2.75, 3.05) is 0 Å². The third-order valence-corrected chi connectivity index (χ3v) is 4.33. The predicted octanol–water partition coefficient (Wildman–Crippen LogP) is 5.98. The Kier molecular flexibility index (Phi) is 3.48. The number of hydrogen-bond acceptors (Lipinski definition) is 0. The molecular formula is C21H19O+. The van der Waals surface area contributed by atoms with E-state index in [1.807, 2.05) is 6.07 Å². The second kappa shape index (κ2) is 5.76. The molecule has 3 aromatic rings. The van der Waals surface area contributed by atoms with Gasteiger partial charge in [-0.05, 0) is 49.5 Å². The van der Waals surface area contributed by atoms with Crippen molar-refractivity contribution in [1.29, 1.82) is 0 Å². The zero-order valence-corrected chi connectivity index (χ0v) is 12.6. The molecule has 4 rings (SSSR count). The van der Waals surface area contributed by atoms with Gasteiger partial charge in [0.05, 0.1) is 16.5 Å². The molecule has 1 aliphatic carbocycles. The van der Waals surface area contributed by atoms with E-state index < -0.39 is 0 Å². The Bertz CT molecular complexity index is 831. The van der Waals surface area contributed by atoms with E-state index in [0.29, 0.717) is 0 Å². The molecule has 0 bridgehead atoms. The molecule has 0 N–H and O–H groups in total. The third kappa shape index (κ3) is 2.55. The van der Waals surface area contributed by atoms with Gasteiger partial charge in [0.1, 0.15) is 0 Å². The summed E-state index contributed by atoms with van der Waals surface area (Å²) in [5.41, 5.74) is 4.89. The van der Waals surface area contributed by atoms with Crippen LogP contribution in [-0.4, -0.2) is 0 Å². The minimum Gasteiger partial charge on any atom is -0.207 e. The summed E-state index contributed by atoms with van der Waals surface area (Å²) in [5.74, 6) is 1.08. The summed E-state index contributed by atoms with van der Waals surface area (Å²) in [7, 11) is 0. The monoisotopic (exact) mass is 287 g/mol. The van der Waals surface area contributed by atoms with Gasteiger partial charge in [0.15, 0.2) is 0 Å². The van der Waals surface area contributed by atoms with Crippen LogP contribution in [0.3, 0.4) is 0 Å². The maximum Gasteiger partial charge on any atom is 0.360 e. The van der Waals surface area contributed by atoms with Gasteiger partial charge in [0, 0.05) is 6.07 Å². The molecule has 1 heterocycles. The molecule has 0 radical (unpaired) electrons. The number of aryl methyl sites for hydroxylation is 1. The highest BCUT2D eigenvalue weighted by Crippen LogP contribution is 2.34. The maximum atomic E-state index is 6.28. The highest BCUT2D eigenvalue weighted by molar-refractivity contribution is 5.85. The number of hydrogen-bond donors (Lipinski definition) is 0. The van der Waals surface area contributed by atoms with Crippen LogP contribution in [0.15, 0.2) is 65.1 Å².